The quantitative estimate of drug-likeness (QED) is 0.233. The molecule has 5 aromatic rings. The van der Waals surface area contributed by atoms with Crippen molar-refractivity contribution in [3.05, 3.63) is 118 Å². The molecule has 1 aliphatic heterocycles. The van der Waals surface area contributed by atoms with Crippen molar-refractivity contribution in [2.24, 2.45) is 0 Å². The maximum absolute atomic E-state index is 14.1. The number of pyridine rings is 1. The van der Waals surface area contributed by atoms with Crippen LogP contribution in [-0.2, 0) is 21.1 Å². The van der Waals surface area contributed by atoms with Gasteiger partial charge in [-0.2, -0.15) is 28.4 Å². The van der Waals surface area contributed by atoms with Crippen molar-refractivity contribution in [3.8, 4) is 0 Å². The average Bonchev–Trinajstić information content (AvgIpc) is 3.05. The molecule has 1 unspecified atom stereocenters. The highest BCUT2D eigenvalue weighted by Crippen LogP contribution is 2.28. The van der Waals surface area contributed by atoms with Crippen LogP contribution in [-0.4, -0.2) is 76.7 Å². The first-order valence-corrected chi connectivity index (χ1v) is 16.4. The molecular formula is C33H30F3N7O4S. The first-order chi connectivity index (χ1) is 22.9. The summed E-state index contributed by atoms with van der Waals surface area (Å²) in [5.41, 5.74) is 2.22. The topological polar surface area (TPSA) is 132 Å². The molecule has 11 nitrogen and oxygen atoms in total. The van der Waals surface area contributed by atoms with Crippen LogP contribution >= 0.6 is 0 Å². The molecule has 0 amide bonds. The molecule has 1 fully saturated rings. The number of hydrogen-bond acceptors (Lipinski definition) is 10. The highest BCUT2D eigenvalue weighted by molar-refractivity contribution is 7.91. The smallest absolute Gasteiger partial charge is 0.371 e. The standard InChI is InChI=1S/C33H30F3N7O4S/c1-21(22-6-4-3-5-7-22)27-14-24-15-37-32(40-26-10-8-23(9-11-26)28-19-42(2)12-13-47-28)41-30(24)43(31(27)44)18-25-16-38-39-17-29(25)48(45,46)20-33(34,35)36/h3-11,14-17,28H,1,12-13,18-20H2,2H3,(H,37,40,41). The molecule has 1 N–H and O–H groups in total. The number of rotatable bonds is 9. The Bertz CT molecular complexity index is 2140. The van der Waals surface area contributed by atoms with E-state index in [1.54, 1.807) is 30.3 Å². The fourth-order valence-electron chi connectivity index (χ4n) is 5.46. The van der Waals surface area contributed by atoms with Crippen LogP contribution in [0.15, 0.2) is 95.5 Å². The average molecular weight is 678 g/mol. The molecule has 0 bridgehead atoms. The Labute approximate surface area is 273 Å². The van der Waals surface area contributed by atoms with Gasteiger partial charge in [0.1, 0.15) is 5.65 Å². The summed E-state index contributed by atoms with van der Waals surface area (Å²) in [6, 6.07) is 18.1. The van der Waals surface area contributed by atoms with E-state index in [2.05, 4.69) is 37.0 Å². The number of alkyl halides is 3. The number of aromatic nitrogens is 5. The number of nitrogens with one attached hydrogen (secondary N) is 1. The lowest BCUT2D eigenvalue weighted by atomic mass is 10.00. The van der Waals surface area contributed by atoms with Crippen LogP contribution in [0.2, 0.25) is 0 Å². The van der Waals surface area contributed by atoms with E-state index < -0.39 is 38.8 Å². The third-order valence-electron chi connectivity index (χ3n) is 7.87. The Morgan fingerprint density at radius 2 is 1.79 bits per heavy atom. The monoisotopic (exact) mass is 677 g/mol. The predicted molar refractivity (Wildman–Crippen MR) is 174 cm³/mol. The molecule has 0 aliphatic carbocycles. The van der Waals surface area contributed by atoms with Gasteiger partial charge in [0.05, 0.1) is 36.5 Å². The second-order valence-corrected chi connectivity index (χ2v) is 13.3. The van der Waals surface area contributed by atoms with Gasteiger partial charge in [-0.1, -0.05) is 49.0 Å². The molecule has 248 valence electrons. The minimum atomic E-state index is -5.00. The Morgan fingerprint density at radius 1 is 1.06 bits per heavy atom. The molecular weight excluding hydrogens is 647 g/mol. The number of benzene rings is 2. The third kappa shape index (κ3) is 7.27. The van der Waals surface area contributed by atoms with Gasteiger partial charge in [0.25, 0.3) is 5.56 Å². The maximum atomic E-state index is 14.1. The lowest BCUT2D eigenvalue weighted by Crippen LogP contribution is -2.35. The van der Waals surface area contributed by atoms with Crippen LogP contribution < -0.4 is 10.9 Å². The number of nitrogens with zero attached hydrogens (tertiary/aromatic N) is 6. The van der Waals surface area contributed by atoms with Gasteiger partial charge in [-0.15, -0.1) is 0 Å². The van der Waals surface area contributed by atoms with Crippen LogP contribution in [0, 0.1) is 0 Å². The van der Waals surface area contributed by atoms with Gasteiger partial charge in [-0.05, 0) is 41.9 Å². The minimum Gasteiger partial charge on any atom is -0.371 e. The largest absolute Gasteiger partial charge is 0.403 e. The minimum absolute atomic E-state index is 0.0588. The predicted octanol–water partition coefficient (Wildman–Crippen LogP) is 4.77. The lowest BCUT2D eigenvalue weighted by molar-refractivity contribution is -0.106. The number of morpholine rings is 1. The van der Waals surface area contributed by atoms with Crippen molar-refractivity contribution < 1.29 is 26.3 Å². The summed E-state index contributed by atoms with van der Waals surface area (Å²) in [5.74, 6) is -1.97. The first-order valence-electron chi connectivity index (χ1n) is 14.8. The Hall–Kier alpha value is -4.99. The highest BCUT2D eigenvalue weighted by atomic mass is 32.2. The molecule has 6 rings (SSSR count). The third-order valence-corrected chi connectivity index (χ3v) is 9.62. The molecule has 15 heteroatoms. The van der Waals surface area contributed by atoms with Crippen molar-refractivity contribution in [2.45, 2.75) is 23.7 Å². The summed E-state index contributed by atoms with van der Waals surface area (Å²) in [5, 5.41) is 10.7. The number of likely N-dealkylation sites (N-methyl/N-ethyl adjacent to an activating group) is 1. The Balaban J connectivity index is 1.41. The van der Waals surface area contributed by atoms with Crippen LogP contribution in [0.25, 0.3) is 16.6 Å². The van der Waals surface area contributed by atoms with Crippen LogP contribution in [0.1, 0.15) is 28.4 Å². The number of sulfone groups is 1. The van der Waals surface area contributed by atoms with E-state index in [1.165, 1.54) is 10.8 Å². The number of ether oxygens (including phenoxy) is 1. The molecule has 4 heterocycles. The van der Waals surface area contributed by atoms with Gasteiger partial charge in [0.2, 0.25) is 5.95 Å². The molecule has 1 saturated heterocycles. The zero-order chi connectivity index (χ0) is 34.1. The zero-order valence-electron chi connectivity index (χ0n) is 25.7. The summed E-state index contributed by atoms with van der Waals surface area (Å²) in [4.78, 5) is 24.6. The van der Waals surface area contributed by atoms with Crippen LogP contribution in [0.3, 0.4) is 0 Å². The van der Waals surface area contributed by atoms with Crippen molar-refractivity contribution in [3.63, 3.8) is 0 Å². The molecule has 48 heavy (non-hydrogen) atoms. The Morgan fingerprint density at radius 3 is 2.50 bits per heavy atom. The van der Waals surface area contributed by atoms with E-state index in [0.717, 1.165) is 31.0 Å². The first kappa shape index (κ1) is 32.9. The fraction of sp³-hybridized carbons (Fsp3) is 0.242. The van der Waals surface area contributed by atoms with E-state index in [0.29, 0.717) is 28.8 Å². The van der Waals surface area contributed by atoms with E-state index in [9.17, 15) is 26.4 Å². The number of anilines is 2. The van der Waals surface area contributed by atoms with E-state index >= 15 is 0 Å². The van der Waals surface area contributed by atoms with Gasteiger partial charge >= 0.3 is 6.18 Å². The normalized spacial score (nSPS) is 15.8. The number of hydrogen-bond donors (Lipinski definition) is 1. The maximum Gasteiger partial charge on any atom is 0.403 e. The second kappa shape index (κ2) is 13.3. The summed E-state index contributed by atoms with van der Waals surface area (Å²) in [6.07, 6.45) is -1.79. The molecule has 3 aromatic heterocycles. The molecule has 0 radical (unpaired) electrons. The zero-order valence-corrected chi connectivity index (χ0v) is 26.5. The van der Waals surface area contributed by atoms with Crippen molar-refractivity contribution in [2.75, 3.05) is 37.8 Å². The molecule has 2 aromatic carbocycles. The fourth-order valence-corrected chi connectivity index (χ4v) is 6.78. The second-order valence-electron chi connectivity index (χ2n) is 11.4. The molecule has 0 saturated carbocycles. The summed E-state index contributed by atoms with van der Waals surface area (Å²) in [6.45, 7) is 5.90. The van der Waals surface area contributed by atoms with Crippen LogP contribution in [0.5, 0.6) is 0 Å². The summed E-state index contributed by atoms with van der Waals surface area (Å²) < 4.78 is 72.4. The van der Waals surface area contributed by atoms with Gasteiger partial charge in [0.15, 0.2) is 15.6 Å². The lowest BCUT2D eigenvalue weighted by Gasteiger charge is -2.30. The number of fused-ring (bicyclic) bond motifs is 1. The van der Waals surface area contributed by atoms with Gasteiger partial charge in [-0.3, -0.25) is 9.36 Å². The van der Waals surface area contributed by atoms with Crippen molar-refractivity contribution >= 4 is 38.1 Å². The van der Waals surface area contributed by atoms with Gasteiger partial charge in [-0.25, -0.2) is 13.4 Å². The van der Waals surface area contributed by atoms with E-state index in [-0.39, 0.29) is 28.8 Å². The van der Waals surface area contributed by atoms with E-state index in [1.807, 2.05) is 37.4 Å². The van der Waals surface area contributed by atoms with Gasteiger partial charge in [0, 0.05) is 41.5 Å². The Kier molecular flexibility index (Phi) is 9.09. The molecule has 0 spiro atoms. The molecule has 1 aliphatic rings. The summed E-state index contributed by atoms with van der Waals surface area (Å²) in [7, 11) is -2.85. The highest BCUT2D eigenvalue weighted by Gasteiger charge is 2.37. The number of halogens is 3. The van der Waals surface area contributed by atoms with Crippen molar-refractivity contribution in [1.29, 1.82) is 0 Å². The van der Waals surface area contributed by atoms with Gasteiger partial charge < -0.3 is 15.0 Å². The summed E-state index contributed by atoms with van der Waals surface area (Å²) >= 11 is 0. The SMILES string of the molecule is C=C(c1ccccc1)c1cc2cnc(Nc3ccc(C4CN(C)CCO4)cc3)nc2n(Cc2cnncc2S(=O)(=O)CC(F)(F)F)c1=O. The van der Waals surface area contributed by atoms with E-state index in [4.69, 9.17) is 4.74 Å². The van der Waals surface area contributed by atoms with Crippen molar-refractivity contribution in [1.82, 2.24) is 29.6 Å². The van der Waals surface area contributed by atoms with Crippen LogP contribution in [0.4, 0.5) is 24.8 Å². The molecule has 1 atom stereocenters.